The minimum atomic E-state index is 0.489. The van der Waals surface area contributed by atoms with Crippen LogP contribution in [0.4, 0.5) is 0 Å². The second kappa shape index (κ2) is 5.87. The summed E-state index contributed by atoms with van der Waals surface area (Å²) in [5.74, 6) is 1.46. The van der Waals surface area contributed by atoms with E-state index in [1.807, 2.05) is 32.0 Å². The lowest BCUT2D eigenvalue weighted by Crippen LogP contribution is -2.01. The first-order valence-corrected chi connectivity index (χ1v) is 6.43. The van der Waals surface area contributed by atoms with E-state index in [0.717, 1.165) is 28.1 Å². The van der Waals surface area contributed by atoms with Crippen molar-refractivity contribution in [2.24, 2.45) is 0 Å². The Hall–Kier alpha value is -1.54. The fourth-order valence-corrected chi connectivity index (χ4v) is 2.13. The zero-order valence-corrected chi connectivity index (χ0v) is 11.4. The van der Waals surface area contributed by atoms with E-state index in [0.29, 0.717) is 12.5 Å². The molecule has 0 unspecified atom stereocenters. The lowest BCUT2D eigenvalue weighted by atomic mass is 10.1. The van der Waals surface area contributed by atoms with Crippen molar-refractivity contribution in [3.63, 3.8) is 0 Å². The molecule has 0 saturated heterocycles. The molecule has 0 N–H and O–H groups in total. The van der Waals surface area contributed by atoms with E-state index in [2.05, 4.69) is 17.1 Å². The molecule has 1 aromatic heterocycles. The summed E-state index contributed by atoms with van der Waals surface area (Å²) in [6.07, 6.45) is 1.77. The monoisotopic (exact) mass is 261 g/mol. The molecule has 0 saturated carbocycles. The summed E-state index contributed by atoms with van der Waals surface area (Å²) >= 11 is 5.85. The standard InChI is InChI=1S/C15H16ClNO/c1-11-7-13(9-16)8-12(2)15(11)18-10-14-5-3-4-6-17-14/h3-8H,9-10H2,1-2H3. The number of hydrogen-bond donors (Lipinski definition) is 0. The van der Waals surface area contributed by atoms with E-state index in [9.17, 15) is 0 Å². The highest BCUT2D eigenvalue weighted by Crippen LogP contribution is 2.26. The second-order valence-electron chi connectivity index (χ2n) is 4.30. The van der Waals surface area contributed by atoms with Crippen LogP contribution in [0.2, 0.25) is 0 Å². The Bertz CT molecular complexity index is 502. The second-order valence-corrected chi connectivity index (χ2v) is 4.57. The van der Waals surface area contributed by atoms with Crippen LogP contribution >= 0.6 is 11.6 Å². The number of halogens is 1. The van der Waals surface area contributed by atoms with Crippen LogP contribution in [0.25, 0.3) is 0 Å². The first kappa shape index (κ1) is 12.9. The molecule has 0 atom stereocenters. The first-order valence-electron chi connectivity index (χ1n) is 5.89. The zero-order chi connectivity index (χ0) is 13.0. The molecular formula is C15H16ClNO. The van der Waals surface area contributed by atoms with Crippen molar-refractivity contribution in [3.8, 4) is 5.75 Å². The number of aryl methyl sites for hydroxylation is 2. The number of rotatable bonds is 4. The van der Waals surface area contributed by atoms with Crippen LogP contribution < -0.4 is 4.74 Å². The number of aromatic nitrogens is 1. The van der Waals surface area contributed by atoms with E-state index in [1.54, 1.807) is 6.20 Å². The largest absolute Gasteiger partial charge is 0.487 e. The third-order valence-electron chi connectivity index (χ3n) is 2.76. The number of benzene rings is 1. The van der Waals surface area contributed by atoms with Gasteiger partial charge in [0, 0.05) is 12.1 Å². The third-order valence-corrected chi connectivity index (χ3v) is 3.07. The summed E-state index contributed by atoms with van der Waals surface area (Å²) < 4.78 is 5.85. The van der Waals surface area contributed by atoms with Gasteiger partial charge in [-0.1, -0.05) is 18.2 Å². The molecule has 94 valence electrons. The number of nitrogens with zero attached hydrogens (tertiary/aromatic N) is 1. The predicted octanol–water partition coefficient (Wildman–Crippen LogP) is 4.02. The molecule has 0 spiro atoms. The molecule has 1 aromatic carbocycles. The van der Waals surface area contributed by atoms with Crippen LogP contribution in [0.3, 0.4) is 0 Å². The first-order chi connectivity index (χ1) is 8.70. The number of hydrogen-bond acceptors (Lipinski definition) is 2. The number of alkyl halides is 1. The molecule has 2 nitrogen and oxygen atoms in total. The Kier molecular flexibility index (Phi) is 4.21. The van der Waals surface area contributed by atoms with Crippen molar-refractivity contribution in [2.75, 3.05) is 0 Å². The Balaban J connectivity index is 2.15. The fourth-order valence-electron chi connectivity index (χ4n) is 1.97. The summed E-state index contributed by atoms with van der Waals surface area (Å²) in [6.45, 7) is 4.57. The lowest BCUT2D eigenvalue weighted by Gasteiger charge is -2.13. The van der Waals surface area contributed by atoms with Crippen LogP contribution in [0.1, 0.15) is 22.4 Å². The molecular weight excluding hydrogens is 246 g/mol. The summed E-state index contributed by atoms with van der Waals surface area (Å²) in [5, 5.41) is 0. The van der Waals surface area contributed by atoms with Crippen molar-refractivity contribution >= 4 is 11.6 Å². The minimum absolute atomic E-state index is 0.489. The van der Waals surface area contributed by atoms with Gasteiger partial charge in [-0.15, -0.1) is 11.6 Å². The Morgan fingerprint density at radius 3 is 2.44 bits per heavy atom. The van der Waals surface area contributed by atoms with Gasteiger partial charge in [0.15, 0.2) is 0 Å². The minimum Gasteiger partial charge on any atom is -0.487 e. The number of pyridine rings is 1. The quantitative estimate of drug-likeness (QED) is 0.776. The van der Waals surface area contributed by atoms with Gasteiger partial charge in [-0.05, 0) is 42.7 Å². The maximum absolute atomic E-state index is 5.85. The van der Waals surface area contributed by atoms with Crippen molar-refractivity contribution < 1.29 is 4.74 Å². The Labute approximate surface area is 113 Å². The molecule has 0 aliphatic carbocycles. The van der Waals surface area contributed by atoms with Crippen LogP contribution in [-0.4, -0.2) is 4.98 Å². The molecule has 3 heteroatoms. The van der Waals surface area contributed by atoms with Crippen LogP contribution in [-0.2, 0) is 12.5 Å². The average molecular weight is 262 g/mol. The molecule has 0 fully saturated rings. The summed E-state index contributed by atoms with van der Waals surface area (Å²) in [7, 11) is 0. The van der Waals surface area contributed by atoms with Gasteiger partial charge in [-0.2, -0.15) is 0 Å². The van der Waals surface area contributed by atoms with Crippen molar-refractivity contribution in [3.05, 3.63) is 58.9 Å². The van der Waals surface area contributed by atoms with Gasteiger partial charge >= 0.3 is 0 Å². The van der Waals surface area contributed by atoms with Gasteiger partial charge in [-0.25, -0.2) is 0 Å². The van der Waals surface area contributed by atoms with Gasteiger partial charge in [-0.3, -0.25) is 4.98 Å². The molecule has 18 heavy (non-hydrogen) atoms. The van der Waals surface area contributed by atoms with Gasteiger partial charge in [0.05, 0.1) is 5.69 Å². The normalized spacial score (nSPS) is 10.4. The smallest absolute Gasteiger partial charge is 0.130 e. The molecule has 0 aliphatic heterocycles. The van der Waals surface area contributed by atoms with Crippen LogP contribution in [0.5, 0.6) is 5.75 Å². The highest BCUT2D eigenvalue weighted by molar-refractivity contribution is 6.17. The molecule has 2 rings (SSSR count). The van der Waals surface area contributed by atoms with Gasteiger partial charge in [0.1, 0.15) is 12.4 Å². The predicted molar refractivity (Wildman–Crippen MR) is 74.0 cm³/mol. The maximum atomic E-state index is 5.85. The molecule has 0 radical (unpaired) electrons. The van der Waals surface area contributed by atoms with Crippen LogP contribution in [0.15, 0.2) is 36.5 Å². The van der Waals surface area contributed by atoms with Crippen LogP contribution in [0, 0.1) is 13.8 Å². The summed E-state index contributed by atoms with van der Waals surface area (Å²) in [6, 6.07) is 9.94. The van der Waals surface area contributed by atoms with E-state index in [-0.39, 0.29) is 0 Å². The van der Waals surface area contributed by atoms with Crippen molar-refractivity contribution in [1.82, 2.24) is 4.98 Å². The van der Waals surface area contributed by atoms with E-state index in [4.69, 9.17) is 16.3 Å². The third kappa shape index (κ3) is 3.02. The van der Waals surface area contributed by atoms with Crippen molar-refractivity contribution in [1.29, 1.82) is 0 Å². The molecule has 0 aliphatic rings. The molecule has 0 amide bonds. The Morgan fingerprint density at radius 1 is 1.17 bits per heavy atom. The topological polar surface area (TPSA) is 22.1 Å². The highest BCUT2D eigenvalue weighted by Gasteiger charge is 2.06. The lowest BCUT2D eigenvalue weighted by molar-refractivity contribution is 0.297. The summed E-state index contributed by atoms with van der Waals surface area (Å²) in [5.41, 5.74) is 4.28. The highest BCUT2D eigenvalue weighted by atomic mass is 35.5. The van der Waals surface area contributed by atoms with Gasteiger partial charge < -0.3 is 4.74 Å². The number of ether oxygens (including phenoxy) is 1. The van der Waals surface area contributed by atoms with Gasteiger partial charge in [0.25, 0.3) is 0 Å². The maximum Gasteiger partial charge on any atom is 0.130 e. The SMILES string of the molecule is Cc1cc(CCl)cc(C)c1OCc1ccccn1. The fraction of sp³-hybridized carbons (Fsp3) is 0.267. The Morgan fingerprint density at radius 2 is 1.89 bits per heavy atom. The van der Waals surface area contributed by atoms with E-state index >= 15 is 0 Å². The average Bonchev–Trinajstić information content (AvgIpc) is 2.38. The van der Waals surface area contributed by atoms with E-state index in [1.165, 1.54) is 0 Å². The summed E-state index contributed by atoms with van der Waals surface area (Å²) in [4.78, 5) is 4.24. The van der Waals surface area contributed by atoms with Crippen molar-refractivity contribution in [2.45, 2.75) is 26.3 Å². The van der Waals surface area contributed by atoms with E-state index < -0.39 is 0 Å². The zero-order valence-electron chi connectivity index (χ0n) is 10.6. The molecule has 2 aromatic rings. The molecule has 0 bridgehead atoms. The molecule has 1 heterocycles. The van der Waals surface area contributed by atoms with Gasteiger partial charge in [0.2, 0.25) is 0 Å².